The summed E-state index contributed by atoms with van der Waals surface area (Å²) in [5, 5.41) is 12.2. The average molecular weight is 267 g/mol. The van der Waals surface area contributed by atoms with Crippen molar-refractivity contribution in [1.29, 1.82) is 0 Å². The molecule has 0 amide bonds. The van der Waals surface area contributed by atoms with Gasteiger partial charge in [0.05, 0.1) is 7.11 Å². The summed E-state index contributed by atoms with van der Waals surface area (Å²) in [6.45, 7) is 5.43. The standard InChI is InChI=1S/C14H21NO4/c1-4-11(14(16)17)19-12-7-6-10(9-15-5-2)8-13(12)18-3/h6-8,11,15H,4-5,9H2,1-3H3,(H,16,17). The third-order valence-corrected chi connectivity index (χ3v) is 2.72. The second kappa shape index (κ2) is 7.63. The maximum Gasteiger partial charge on any atom is 0.344 e. The van der Waals surface area contributed by atoms with Gasteiger partial charge in [-0.2, -0.15) is 0 Å². The van der Waals surface area contributed by atoms with Gasteiger partial charge in [0.25, 0.3) is 0 Å². The highest BCUT2D eigenvalue weighted by molar-refractivity contribution is 5.72. The molecule has 0 aliphatic carbocycles. The predicted octanol–water partition coefficient (Wildman–Crippen LogP) is 2.05. The summed E-state index contributed by atoms with van der Waals surface area (Å²) in [6.07, 6.45) is -0.453. The first-order valence-electron chi connectivity index (χ1n) is 6.39. The summed E-state index contributed by atoms with van der Waals surface area (Å²) < 4.78 is 10.7. The molecule has 1 aromatic carbocycles. The summed E-state index contributed by atoms with van der Waals surface area (Å²) in [6, 6.07) is 5.50. The maximum atomic E-state index is 11.0. The minimum absolute atomic E-state index is 0.400. The van der Waals surface area contributed by atoms with Crippen LogP contribution in [0.2, 0.25) is 0 Å². The number of aliphatic carboxylic acids is 1. The summed E-state index contributed by atoms with van der Waals surface area (Å²) in [5.41, 5.74) is 1.06. The number of benzene rings is 1. The Kier molecular flexibility index (Phi) is 6.15. The molecule has 0 aliphatic heterocycles. The van der Waals surface area contributed by atoms with E-state index in [1.807, 2.05) is 19.1 Å². The Hall–Kier alpha value is -1.75. The van der Waals surface area contributed by atoms with E-state index in [0.29, 0.717) is 17.9 Å². The second-order valence-electron chi connectivity index (χ2n) is 4.12. The summed E-state index contributed by atoms with van der Waals surface area (Å²) in [5.74, 6) is 0.0355. The first-order valence-corrected chi connectivity index (χ1v) is 6.39. The largest absolute Gasteiger partial charge is 0.493 e. The molecule has 0 spiro atoms. The van der Waals surface area contributed by atoms with E-state index < -0.39 is 12.1 Å². The Bertz CT molecular complexity index is 420. The molecule has 0 aromatic heterocycles. The number of ether oxygens (including phenoxy) is 2. The van der Waals surface area contributed by atoms with Gasteiger partial charge in [-0.25, -0.2) is 4.79 Å². The second-order valence-corrected chi connectivity index (χ2v) is 4.12. The number of carbonyl (C=O) groups is 1. The highest BCUT2D eigenvalue weighted by Gasteiger charge is 2.18. The van der Waals surface area contributed by atoms with Crippen molar-refractivity contribution >= 4 is 5.97 Å². The minimum atomic E-state index is -0.971. The first kappa shape index (κ1) is 15.3. The zero-order chi connectivity index (χ0) is 14.3. The van der Waals surface area contributed by atoms with Gasteiger partial charge in [0, 0.05) is 6.54 Å². The monoisotopic (exact) mass is 267 g/mol. The van der Waals surface area contributed by atoms with Gasteiger partial charge in [0.15, 0.2) is 17.6 Å². The Morgan fingerprint density at radius 1 is 1.37 bits per heavy atom. The molecule has 0 bridgehead atoms. The Balaban J connectivity index is 2.86. The van der Waals surface area contributed by atoms with Crippen LogP contribution in [0.5, 0.6) is 11.5 Å². The molecule has 0 heterocycles. The molecule has 1 atom stereocenters. The van der Waals surface area contributed by atoms with Crippen molar-refractivity contribution < 1.29 is 19.4 Å². The average Bonchev–Trinajstić information content (AvgIpc) is 2.42. The van der Waals surface area contributed by atoms with Crippen molar-refractivity contribution in [3.05, 3.63) is 23.8 Å². The quantitative estimate of drug-likeness (QED) is 0.754. The lowest BCUT2D eigenvalue weighted by Gasteiger charge is -2.16. The van der Waals surface area contributed by atoms with E-state index in [2.05, 4.69) is 5.32 Å². The molecule has 5 heteroatoms. The van der Waals surface area contributed by atoms with E-state index in [4.69, 9.17) is 14.6 Å². The molecular weight excluding hydrogens is 246 g/mol. The summed E-state index contributed by atoms with van der Waals surface area (Å²) >= 11 is 0. The summed E-state index contributed by atoms with van der Waals surface area (Å²) in [7, 11) is 1.54. The van der Waals surface area contributed by atoms with Crippen molar-refractivity contribution in [3.8, 4) is 11.5 Å². The van der Waals surface area contributed by atoms with Crippen LogP contribution < -0.4 is 14.8 Å². The van der Waals surface area contributed by atoms with Crippen molar-refractivity contribution in [3.63, 3.8) is 0 Å². The van der Waals surface area contributed by atoms with Gasteiger partial charge in [0.1, 0.15) is 0 Å². The van der Waals surface area contributed by atoms with Gasteiger partial charge in [-0.15, -0.1) is 0 Å². The van der Waals surface area contributed by atoms with Crippen LogP contribution in [-0.4, -0.2) is 30.8 Å². The van der Waals surface area contributed by atoms with E-state index in [-0.39, 0.29) is 0 Å². The first-order chi connectivity index (χ1) is 9.12. The van der Waals surface area contributed by atoms with Crippen molar-refractivity contribution in [2.45, 2.75) is 32.9 Å². The third kappa shape index (κ3) is 4.44. The number of carboxylic acids is 1. The number of methoxy groups -OCH3 is 1. The molecule has 0 saturated carbocycles. The molecule has 106 valence electrons. The van der Waals surface area contributed by atoms with Crippen LogP contribution in [0, 0.1) is 0 Å². The SMILES string of the molecule is CCNCc1ccc(OC(CC)C(=O)O)c(OC)c1. The third-order valence-electron chi connectivity index (χ3n) is 2.72. The Labute approximate surface area is 113 Å². The lowest BCUT2D eigenvalue weighted by Crippen LogP contribution is -2.26. The smallest absolute Gasteiger partial charge is 0.344 e. The molecule has 1 aromatic rings. The molecule has 5 nitrogen and oxygen atoms in total. The number of rotatable bonds is 8. The topological polar surface area (TPSA) is 67.8 Å². The predicted molar refractivity (Wildman–Crippen MR) is 72.7 cm³/mol. The van der Waals surface area contributed by atoms with Gasteiger partial charge in [-0.05, 0) is 30.7 Å². The van der Waals surface area contributed by atoms with Gasteiger partial charge in [0.2, 0.25) is 0 Å². The van der Waals surface area contributed by atoms with Gasteiger partial charge >= 0.3 is 5.97 Å². The van der Waals surface area contributed by atoms with Crippen LogP contribution in [0.15, 0.2) is 18.2 Å². The van der Waals surface area contributed by atoms with Gasteiger partial charge in [-0.3, -0.25) is 0 Å². The fraction of sp³-hybridized carbons (Fsp3) is 0.500. The Morgan fingerprint density at radius 2 is 2.11 bits per heavy atom. The van der Waals surface area contributed by atoms with E-state index in [9.17, 15) is 4.79 Å². The van der Waals surface area contributed by atoms with Crippen LogP contribution in [0.25, 0.3) is 0 Å². The van der Waals surface area contributed by atoms with E-state index >= 15 is 0 Å². The molecule has 19 heavy (non-hydrogen) atoms. The van der Waals surface area contributed by atoms with E-state index in [1.165, 1.54) is 0 Å². The van der Waals surface area contributed by atoms with Crippen molar-refractivity contribution in [2.75, 3.05) is 13.7 Å². The highest BCUT2D eigenvalue weighted by Crippen LogP contribution is 2.29. The van der Waals surface area contributed by atoms with E-state index in [1.54, 1.807) is 20.1 Å². The molecule has 0 radical (unpaired) electrons. The lowest BCUT2D eigenvalue weighted by atomic mass is 10.2. The maximum absolute atomic E-state index is 11.0. The zero-order valence-electron chi connectivity index (χ0n) is 11.6. The van der Waals surface area contributed by atoms with Crippen LogP contribution in [0.1, 0.15) is 25.8 Å². The molecule has 0 aliphatic rings. The molecule has 2 N–H and O–H groups in total. The Morgan fingerprint density at radius 3 is 2.63 bits per heavy atom. The fourth-order valence-electron chi connectivity index (χ4n) is 1.65. The minimum Gasteiger partial charge on any atom is -0.493 e. The number of carboxylic acid groups (broad SMARTS) is 1. The number of hydrogen-bond acceptors (Lipinski definition) is 4. The molecule has 1 unspecified atom stereocenters. The van der Waals surface area contributed by atoms with Crippen molar-refractivity contribution in [1.82, 2.24) is 5.32 Å². The molecule has 0 fully saturated rings. The normalized spacial score (nSPS) is 11.9. The van der Waals surface area contributed by atoms with E-state index in [0.717, 1.165) is 18.7 Å². The molecular formula is C14H21NO4. The summed E-state index contributed by atoms with van der Waals surface area (Å²) in [4.78, 5) is 11.0. The van der Waals surface area contributed by atoms with Gasteiger partial charge < -0.3 is 19.9 Å². The highest BCUT2D eigenvalue weighted by atomic mass is 16.5. The van der Waals surface area contributed by atoms with Crippen LogP contribution in [-0.2, 0) is 11.3 Å². The number of hydrogen-bond donors (Lipinski definition) is 2. The fourth-order valence-corrected chi connectivity index (χ4v) is 1.65. The lowest BCUT2D eigenvalue weighted by molar-refractivity contribution is -0.145. The number of nitrogens with one attached hydrogen (secondary N) is 1. The molecule has 0 saturated heterocycles. The van der Waals surface area contributed by atoms with Crippen LogP contribution >= 0.6 is 0 Å². The zero-order valence-corrected chi connectivity index (χ0v) is 11.6. The molecule has 1 rings (SSSR count). The van der Waals surface area contributed by atoms with Crippen LogP contribution in [0.3, 0.4) is 0 Å². The van der Waals surface area contributed by atoms with Gasteiger partial charge in [-0.1, -0.05) is 19.9 Å². The van der Waals surface area contributed by atoms with Crippen molar-refractivity contribution in [2.24, 2.45) is 0 Å². The van der Waals surface area contributed by atoms with Crippen LogP contribution in [0.4, 0.5) is 0 Å².